The van der Waals surface area contributed by atoms with Gasteiger partial charge < -0.3 is 11.1 Å². The number of hydrogen-bond acceptors (Lipinski definition) is 2. The highest BCUT2D eigenvalue weighted by molar-refractivity contribution is 5.78. The van der Waals surface area contributed by atoms with Gasteiger partial charge in [-0.15, -0.1) is 0 Å². The second kappa shape index (κ2) is 7.13. The maximum Gasteiger partial charge on any atom is 0.223 e. The van der Waals surface area contributed by atoms with Gasteiger partial charge in [0.1, 0.15) is 0 Å². The predicted molar refractivity (Wildman–Crippen MR) is 74.1 cm³/mol. The van der Waals surface area contributed by atoms with Gasteiger partial charge in [-0.2, -0.15) is 0 Å². The monoisotopic (exact) mass is 252 g/mol. The van der Waals surface area contributed by atoms with E-state index in [1.54, 1.807) is 0 Å². The SMILES string of the molecule is NCC1CCC(C(=O)NCCC2CCCC2)CC1. The molecule has 0 saturated heterocycles. The zero-order valence-corrected chi connectivity index (χ0v) is 11.5. The quantitative estimate of drug-likeness (QED) is 0.789. The van der Waals surface area contributed by atoms with Crippen molar-refractivity contribution in [1.29, 1.82) is 0 Å². The molecule has 2 aliphatic carbocycles. The molecule has 3 nitrogen and oxygen atoms in total. The lowest BCUT2D eigenvalue weighted by Crippen LogP contribution is -2.35. The summed E-state index contributed by atoms with van der Waals surface area (Å²) in [6.45, 7) is 1.68. The maximum absolute atomic E-state index is 12.0. The number of nitrogens with one attached hydrogen (secondary N) is 1. The van der Waals surface area contributed by atoms with E-state index in [0.29, 0.717) is 11.8 Å². The fraction of sp³-hybridized carbons (Fsp3) is 0.933. The van der Waals surface area contributed by atoms with E-state index in [4.69, 9.17) is 5.73 Å². The summed E-state index contributed by atoms with van der Waals surface area (Å²) in [5.41, 5.74) is 5.67. The van der Waals surface area contributed by atoms with Gasteiger partial charge in [-0.05, 0) is 50.5 Å². The first-order chi connectivity index (χ1) is 8.79. The predicted octanol–water partition coefficient (Wildman–Crippen LogP) is 2.45. The lowest BCUT2D eigenvalue weighted by molar-refractivity contribution is -0.126. The summed E-state index contributed by atoms with van der Waals surface area (Å²) in [4.78, 5) is 12.0. The summed E-state index contributed by atoms with van der Waals surface area (Å²) >= 11 is 0. The van der Waals surface area contributed by atoms with Crippen molar-refractivity contribution in [2.75, 3.05) is 13.1 Å². The molecule has 18 heavy (non-hydrogen) atoms. The maximum atomic E-state index is 12.0. The highest BCUT2D eigenvalue weighted by Gasteiger charge is 2.25. The Morgan fingerprint density at radius 2 is 1.67 bits per heavy atom. The zero-order chi connectivity index (χ0) is 12.8. The van der Waals surface area contributed by atoms with Gasteiger partial charge in [-0.1, -0.05) is 25.7 Å². The minimum Gasteiger partial charge on any atom is -0.356 e. The van der Waals surface area contributed by atoms with Crippen LogP contribution < -0.4 is 11.1 Å². The third kappa shape index (κ3) is 3.98. The van der Waals surface area contributed by atoms with Crippen LogP contribution in [0.1, 0.15) is 57.8 Å². The molecule has 3 N–H and O–H groups in total. The second-order valence-corrected chi connectivity index (χ2v) is 6.18. The molecular formula is C15H28N2O. The summed E-state index contributed by atoms with van der Waals surface area (Å²) in [6.07, 6.45) is 11.1. The van der Waals surface area contributed by atoms with E-state index < -0.39 is 0 Å². The van der Waals surface area contributed by atoms with Crippen molar-refractivity contribution in [2.45, 2.75) is 57.8 Å². The van der Waals surface area contributed by atoms with E-state index >= 15 is 0 Å². The number of amides is 1. The first-order valence-electron chi connectivity index (χ1n) is 7.77. The van der Waals surface area contributed by atoms with Crippen LogP contribution >= 0.6 is 0 Å². The molecular weight excluding hydrogens is 224 g/mol. The molecule has 0 heterocycles. The van der Waals surface area contributed by atoms with E-state index in [0.717, 1.165) is 44.7 Å². The highest BCUT2D eigenvalue weighted by Crippen LogP contribution is 2.29. The molecule has 2 fully saturated rings. The summed E-state index contributed by atoms with van der Waals surface area (Å²) < 4.78 is 0. The molecule has 0 unspecified atom stereocenters. The van der Waals surface area contributed by atoms with Gasteiger partial charge >= 0.3 is 0 Å². The van der Waals surface area contributed by atoms with Crippen LogP contribution in [0.25, 0.3) is 0 Å². The molecule has 0 bridgehead atoms. The molecule has 0 aromatic carbocycles. The zero-order valence-electron chi connectivity index (χ0n) is 11.5. The van der Waals surface area contributed by atoms with Crippen molar-refractivity contribution >= 4 is 5.91 Å². The van der Waals surface area contributed by atoms with Gasteiger partial charge in [0, 0.05) is 12.5 Å². The second-order valence-electron chi connectivity index (χ2n) is 6.18. The fourth-order valence-electron chi connectivity index (χ4n) is 3.50. The Bertz CT molecular complexity index is 253. The van der Waals surface area contributed by atoms with Crippen molar-refractivity contribution < 1.29 is 4.79 Å². The molecule has 2 saturated carbocycles. The van der Waals surface area contributed by atoms with Crippen LogP contribution in [0.4, 0.5) is 0 Å². The van der Waals surface area contributed by atoms with Crippen LogP contribution in [0.15, 0.2) is 0 Å². The van der Waals surface area contributed by atoms with Gasteiger partial charge in [0.15, 0.2) is 0 Å². The van der Waals surface area contributed by atoms with Crippen LogP contribution in [0.5, 0.6) is 0 Å². The molecule has 0 spiro atoms. The van der Waals surface area contributed by atoms with Gasteiger partial charge in [0.05, 0.1) is 0 Å². The third-order valence-electron chi connectivity index (χ3n) is 4.88. The van der Waals surface area contributed by atoms with Gasteiger partial charge in [-0.25, -0.2) is 0 Å². The summed E-state index contributed by atoms with van der Waals surface area (Å²) in [5, 5.41) is 3.14. The largest absolute Gasteiger partial charge is 0.356 e. The molecule has 2 aliphatic rings. The molecule has 2 rings (SSSR count). The first kappa shape index (κ1) is 13.9. The molecule has 3 heteroatoms. The molecule has 1 amide bonds. The highest BCUT2D eigenvalue weighted by atomic mass is 16.1. The summed E-state index contributed by atoms with van der Waals surface area (Å²) in [7, 11) is 0. The number of carbonyl (C=O) groups excluding carboxylic acids is 1. The lowest BCUT2D eigenvalue weighted by Gasteiger charge is -2.26. The van der Waals surface area contributed by atoms with Gasteiger partial charge in [-0.3, -0.25) is 4.79 Å². The Morgan fingerprint density at radius 1 is 1.00 bits per heavy atom. The minimum atomic E-state index is 0.261. The lowest BCUT2D eigenvalue weighted by atomic mass is 9.81. The van der Waals surface area contributed by atoms with Crippen LogP contribution in [-0.2, 0) is 4.79 Å². The van der Waals surface area contributed by atoms with Gasteiger partial charge in [0.25, 0.3) is 0 Å². The third-order valence-corrected chi connectivity index (χ3v) is 4.88. The normalized spacial score (nSPS) is 29.4. The molecule has 0 atom stereocenters. The Kier molecular flexibility index (Phi) is 5.48. The van der Waals surface area contributed by atoms with Crippen molar-refractivity contribution in [3.8, 4) is 0 Å². The van der Waals surface area contributed by atoms with E-state index in [2.05, 4.69) is 5.32 Å². The topological polar surface area (TPSA) is 55.1 Å². The first-order valence-corrected chi connectivity index (χ1v) is 7.77. The van der Waals surface area contributed by atoms with Crippen molar-refractivity contribution in [3.63, 3.8) is 0 Å². The molecule has 0 aromatic heterocycles. The standard InChI is InChI=1S/C15H28N2O/c16-11-13-5-7-14(8-6-13)15(18)17-10-9-12-3-1-2-4-12/h12-14H,1-11,16H2,(H,17,18). The van der Waals surface area contributed by atoms with Crippen LogP contribution in [0.2, 0.25) is 0 Å². The van der Waals surface area contributed by atoms with E-state index in [1.165, 1.54) is 32.1 Å². The number of nitrogens with two attached hydrogens (primary N) is 1. The van der Waals surface area contributed by atoms with E-state index in [1.807, 2.05) is 0 Å². The molecule has 0 aromatic rings. The van der Waals surface area contributed by atoms with Crippen molar-refractivity contribution in [3.05, 3.63) is 0 Å². The number of carbonyl (C=O) groups is 1. The Morgan fingerprint density at radius 3 is 2.28 bits per heavy atom. The Hall–Kier alpha value is -0.570. The molecule has 104 valence electrons. The minimum absolute atomic E-state index is 0.261. The van der Waals surface area contributed by atoms with Crippen molar-refractivity contribution in [1.82, 2.24) is 5.32 Å². The van der Waals surface area contributed by atoms with E-state index in [-0.39, 0.29) is 5.92 Å². The number of hydrogen-bond donors (Lipinski definition) is 2. The Balaban J connectivity index is 1.59. The summed E-state index contributed by atoms with van der Waals surface area (Å²) in [5.74, 6) is 2.09. The van der Waals surface area contributed by atoms with Gasteiger partial charge in [0.2, 0.25) is 5.91 Å². The fourth-order valence-corrected chi connectivity index (χ4v) is 3.50. The van der Waals surface area contributed by atoms with E-state index in [9.17, 15) is 4.79 Å². The molecule has 0 aliphatic heterocycles. The summed E-state index contributed by atoms with van der Waals surface area (Å²) in [6, 6.07) is 0. The molecule has 0 radical (unpaired) electrons. The average Bonchev–Trinajstić information content (AvgIpc) is 2.92. The Labute approximate surface area is 111 Å². The van der Waals surface area contributed by atoms with Crippen LogP contribution in [-0.4, -0.2) is 19.0 Å². The number of rotatable bonds is 5. The van der Waals surface area contributed by atoms with Crippen molar-refractivity contribution in [2.24, 2.45) is 23.5 Å². The smallest absolute Gasteiger partial charge is 0.223 e. The van der Waals surface area contributed by atoms with Crippen LogP contribution in [0, 0.1) is 17.8 Å². The average molecular weight is 252 g/mol. The van der Waals surface area contributed by atoms with Crippen LogP contribution in [0.3, 0.4) is 0 Å².